The molecule has 0 heterocycles. The summed E-state index contributed by atoms with van der Waals surface area (Å²) >= 11 is 0. The normalized spacial score (nSPS) is 13.2. The van der Waals surface area contributed by atoms with E-state index in [9.17, 15) is 0 Å². The second-order valence-corrected chi connectivity index (χ2v) is 38.9. The molecule has 0 saturated heterocycles. The predicted molar refractivity (Wildman–Crippen MR) is 239 cm³/mol. The summed E-state index contributed by atoms with van der Waals surface area (Å²) in [5.74, 6) is 0. The average molecular weight is 719 g/mol. The molecule has 50 heavy (non-hydrogen) atoms. The molecule has 0 nitrogen and oxygen atoms in total. The fourth-order valence-corrected chi connectivity index (χ4v) is 13.6. The van der Waals surface area contributed by atoms with E-state index in [1.54, 1.807) is 10.4 Å². The highest BCUT2D eigenvalue weighted by atomic mass is 28.3. The highest BCUT2D eigenvalue weighted by Gasteiger charge is 2.27. The van der Waals surface area contributed by atoms with E-state index >= 15 is 0 Å². The molecular weight excluding hydrogens is 665 g/mol. The van der Waals surface area contributed by atoms with Crippen LogP contribution in [0.4, 0.5) is 0 Å². The molecule has 0 fully saturated rings. The molecule has 7 aromatic carbocycles. The first kappa shape index (κ1) is 34.9. The van der Waals surface area contributed by atoms with E-state index in [-0.39, 0.29) is 0 Å². The molecule has 7 aromatic rings. The number of rotatable bonds is 6. The van der Waals surface area contributed by atoms with E-state index in [0.29, 0.717) is 0 Å². The highest BCUT2D eigenvalue weighted by Crippen LogP contribution is 2.46. The maximum atomic E-state index is 2.59. The van der Waals surface area contributed by atoms with Crippen LogP contribution in [0.3, 0.4) is 0 Å². The lowest BCUT2D eigenvalue weighted by molar-refractivity contribution is 1.67. The van der Waals surface area contributed by atoms with E-state index in [1.807, 2.05) is 0 Å². The van der Waals surface area contributed by atoms with Crippen LogP contribution in [-0.4, -0.2) is 32.3 Å². The fourth-order valence-electron chi connectivity index (χ4n) is 8.08. The van der Waals surface area contributed by atoms with Crippen LogP contribution in [0.2, 0.25) is 78.6 Å². The van der Waals surface area contributed by atoms with Gasteiger partial charge in [-0.3, -0.25) is 0 Å². The van der Waals surface area contributed by atoms with Crippen molar-refractivity contribution in [3.8, 4) is 22.3 Å². The number of fused-ring (bicyclic) bond motifs is 4. The van der Waals surface area contributed by atoms with Crippen molar-refractivity contribution >= 4 is 96.1 Å². The minimum absolute atomic E-state index is 1.36. The maximum Gasteiger partial charge on any atom is 0.0784 e. The largest absolute Gasteiger partial charge is 0.0784 e. The molecule has 0 aliphatic heterocycles. The molecule has 0 radical (unpaired) electrons. The van der Waals surface area contributed by atoms with Crippen LogP contribution < -0.4 is 20.7 Å². The van der Waals surface area contributed by atoms with Gasteiger partial charge in [-0.1, -0.05) is 209 Å². The molecule has 0 unspecified atom stereocenters. The minimum atomic E-state index is -1.62. The second-order valence-electron chi connectivity index (χ2n) is 18.7. The molecule has 0 aliphatic carbocycles. The third kappa shape index (κ3) is 5.98. The quantitative estimate of drug-likeness (QED) is 0.119. The molecule has 0 atom stereocenters. The Balaban J connectivity index is 1.73. The van der Waals surface area contributed by atoms with Crippen molar-refractivity contribution < 1.29 is 0 Å². The van der Waals surface area contributed by atoms with Crippen molar-refractivity contribution in [1.29, 1.82) is 0 Å². The second kappa shape index (κ2) is 12.0. The molecule has 254 valence electrons. The van der Waals surface area contributed by atoms with Gasteiger partial charge in [0.1, 0.15) is 0 Å². The first-order chi connectivity index (χ1) is 23.4. The summed E-state index contributed by atoms with van der Waals surface area (Å²) in [7, 11) is -6.38. The lowest BCUT2D eigenvalue weighted by atomic mass is 9.83. The lowest BCUT2D eigenvalue weighted by Gasteiger charge is -2.26. The molecule has 0 amide bonds. The summed E-state index contributed by atoms with van der Waals surface area (Å²) in [5.41, 5.74) is 5.50. The maximum absolute atomic E-state index is 2.59. The summed E-state index contributed by atoms with van der Waals surface area (Å²) in [6.45, 7) is 29.8. The van der Waals surface area contributed by atoms with E-state index < -0.39 is 32.3 Å². The zero-order valence-electron chi connectivity index (χ0n) is 32.4. The molecule has 0 saturated carbocycles. The standard InChI is InChI=1S/C46H54Si4/c1-47(2,3)31-21-23-39-41(29-31)45(37-25-27-43(49(7,8)9)35-19-15-13-17-33(35)37)40-24-22-32(48(4,5)6)30-42(40)46(39)38-26-28-44(50(10,11)12)36-20-16-14-18-34(36)38/h13-30H,1-12H3. The summed E-state index contributed by atoms with van der Waals surface area (Å²) in [6, 6.07) is 43.4. The van der Waals surface area contributed by atoms with E-state index in [0.717, 1.165) is 0 Å². The Hall–Kier alpha value is -3.55. The molecule has 0 spiro atoms. The topological polar surface area (TPSA) is 0 Å². The number of hydrogen-bond donors (Lipinski definition) is 0. The fraction of sp³-hybridized carbons (Fsp3) is 0.261. The van der Waals surface area contributed by atoms with Gasteiger partial charge in [-0.2, -0.15) is 0 Å². The van der Waals surface area contributed by atoms with Crippen LogP contribution in [0.5, 0.6) is 0 Å². The van der Waals surface area contributed by atoms with Crippen molar-refractivity contribution in [2.24, 2.45) is 0 Å². The molecule has 0 N–H and O–H groups in total. The van der Waals surface area contributed by atoms with Crippen LogP contribution >= 0.6 is 0 Å². The number of hydrogen-bond acceptors (Lipinski definition) is 0. The Morgan fingerprint density at radius 2 is 0.620 bits per heavy atom. The van der Waals surface area contributed by atoms with E-state index in [2.05, 4.69) is 188 Å². The van der Waals surface area contributed by atoms with Crippen molar-refractivity contribution in [3.63, 3.8) is 0 Å². The summed E-state index contributed by atoms with van der Waals surface area (Å²) in [5, 5.41) is 17.2. The van der Waals surface area contributed by atoms with Gasteiger partial charge in [0.25, 0.3) is 0 Å². The first-order valence-electron chi connectivity index (χ1n) is 18.5. The third-order valence-corrected chi connectivity index (χ3v) is 19.0. The van der Waals surface area contributed by atoms with Crippen LogP contribution in [0.1, 0.15) is 0 Å². The predicted octanol–water partition coefficient (Wildman–Crippen LogP) is 11.8. The minimum Gasteiger partial charge on any atom is -0.0656 e. The summed E-state index contributed by atoms with van der Waals surface area (Å²) in [4.78, 5) is 0. The van der Waals surface area contributed by atoms with Crippen molar-refractivity contribution in [1.82, 2.24) is 0 Å². The molecular formula is C46H54Si4. The Morgan fingerprint density at radius 1 is 0.280 bits per heavy atom. The van der Waals surface area contributed by atoms with Gasteiger partial charge in [-0.25, -0.2) is 0 Å². The Morgan fingerprint density at radius 3 is 0.940 bits per heavy atom. The Bertz CT molecular complexity index is 2290. The van der Waals surface area contributed by atoms with Gasteiger partial charge in [-0.15, -0.1) is 0 Å². The van der Waals surface area contributed by atoms with Crippen LogP contribution in [0, 0.1) is 0 Å². The van der Waals surface area contributed by atoms with Gasteiger partial charge < -0.3 is 0 Å². The SMILES string of the molecule is C[Si](C)(C)c1ccc2c(-c3ccc([Si](C)(C)C)c4ccccc34)c3cc([Si](C)(C)C)ccc3c(-c3ccc([Si](C)(C)C)c4ccccc34)c2c1. The van der Waals surface area contributed by atoms with Crippen LogP contribution in [0.25, 0.3) is 65.3 Å². The molecule has 0 bridgehead atoms. The zero-order valence-corrected chi connectivity index (χ0v) is 36.4. The number of benzene rings is 7. The van der Waals surface area contributed by atoms with Gasteiger partial charge in [0.2, 0.25) is 0 Å². The van der Waals surface area contributed by atoms with Gasteiger partial charge >= 0.3 is 0 Å². The lowest BCUT2D eigenvalue weighted by Crippen LogP contribution is -2.38. The van der Waals surface area contributed by atoms with E-state index in [1.165, 1.54) is 75.7 Å². The summed E-state index contributed by atoms with van der Waals surface area (Å²) in [6.07, 6.45) is 0. The zero-order chi connectivity index (χ0) is 36.0. The van der Waals surface area contributed by atoms with Crippen LogP contribution in [0.15, 0.2) is 109 Å². The monoisotopic (exact) mass is 718 g/mol. The molecule has 7 rings (SSSR count). The van der Waals surface area contributed by atoms with Crippen molar-refractivity contribution in [2.45, 2.75) is 78.6 Å². The molecule has 0 aliphatic rings. The molecule has 0 aromatic heterocycles. The highest BCUT2D eigenvalue weighted by molar-refractivity contribution is 6.91. The van der Waals surface area contributed by atoms with Crippen LogP contribution in [-0.2, 0) is 0 Å². The van der Waals surface area contributed by atoms with Crippen molar-refractivity contribution in [3.05, 3.63) is 109 Å². The smallest absolute Gasteiger partial charge is 0.0656 e. The third-order valence-electron chi connectivity index (χ3n) is 10.9. The van der Waals surface area contributed by atoms with Gasteiger partial charge in [0.15, 0.2) is 0 Å². The van der Waals surface area contributed by atoms with Gasteiger partial charge in [-0.05, 0) is 65.3 Å². The first-order valence-corrected chi connectivity index (χ1v) is 32.5. The van der Waals surface area contributed by atoms with E-state index in [4.69, 9.17) is 0 Å². The Kier molecular flexibility index (Phi) is 8.38. The van der Waals surface area contributed by atoms with Gasteiger partial charge in [0.05, 0.1) is 32.3 Å². The average Bonchev–Trinajstić information content (AvgIpc) is 3.04. The van der Waals surface area contributed by atoms with Crippen molar-refractivity contribution in [2.75, 3.05) is 0 Å². The Labute approximate surface area is 304 Å². The van der Waals surface area contributed by atoms with Gasteiger partial charge in [0, 0.05) is 0 Å². The molecule has 4 heteroatoms. The summed E-state index contributed by atoms with van der Waals surface area (Å²) < 4.78 is 0.